The molecule has 0 aliphatic carbocycles. The van der Waals surface area contributed by atoms with Crippen LogP contribution >= 0.6 is 0 Å². The van der Waals surface area contributed by atoms with Crippen molar-refractivity contribution in [3.05, 3.63) is 24.3 Å². The number of rotatable bonds is 63. The van der Waals surface area contributed by atoms with E-state index in [1.54, 1.807) is 6.08 Å². The molecule has 1 amide bonds. The van der Waals surface area contributed by atoms with Gasteiger partial charge in [0, 0.05) is 12.8 Å². The zero-order chi connectivity index (χ0) is 53.6. The normalized spacial score (nSPS) is 12.6. The van der Waals surface area contributed by atoms with E-state index in [0.717, 1.165) is 38.5 Å². The number of ether oxygens (including phenoxy) is 1. The Labute approximate surface area is 462 Å². The second kappa shape index (κ2) is 63.9. The van der Waals surface area contributed by atoms with Crippen LogP contribution in [0, 0.1) is 0 Å². The molecule has 438 valence electrons. The zero-order valence-electron chi connectivity index (χ0n) is 50.1. The minimum absolute atomic E-state index is 0.0205. The van der Waals surface area contributed by atoms with Gasteiger partial charge in [-0.25, -0.2) is 0 Å². The molecule has 3 N–H and O–H groups in total. The molecule has 0 aliphatic rings. The fourth-order valence-corrected chi connectivity index (χ4v) is 10.6. The molecule has 0 aliphatic heterocycles. The van der Waals surface area contributed by atoms with Crippen molar-refractivity contribution < 1.29 is 24.5 Å². The number of hydrogen-bond acceptors (Lipinski definition) is 5. The smallest absolute Gasteiger partial charge is 0.305 e. The highest BCUT2D eigenvalue weighted by Gasteiger charge is 2.18. The molecule has 0 radical (unpaired) electrons. The molecule has 0 bridgehead atoms. The predicted molar refractivity (Wildman–Crippen MR) is 324 cm³/mol. The molecule has 0 aromatic rings. The summed E-state index contributed by atoms with van der Waals surface area (Å²) in [5, 5.41) is 23.0. The van der Waals surface area contributed by atoms with E-state index < -0.39 is 12.1 Å². The Morgan fingerprint density at radius 1 is 0.365 bits per heavy atom. The molecule has 2 atom stereocenters. The maximum atomic E-state index is 12.4. The molecular formula is C68H131NO5. The number of unbranched alkanes of at least 4 members (excludes halogenated alkanes) is 50. The van der Waals surface area contributed by atoms with E-state index in [0.29, 0.717) is 19.4 Å². The number of esters is 1. The van der Waals surface area contributed by atoms with Crippen LogP contribution in [0.2, 0.25) is 0 Å². The molecule has 2 unspecified atom stereocenters. The zero-order valence-corrected chi connectivity index (χ0v) is 50.1. The minimum Gasteiger partial charge on any atom is -0.466 e. The summed E-state index contributed by atoms with van der Waals surface area (Å²) in [5.41, 5.74) is 0. The van der Waals surface area contributed by atoms with Crippen LogP contribution in [0.25, 0.3) is 0 Å². The van der Waals surface area contributed by atoms with E-state index in [9.17, 15) is 19.8 Å². The van der Waals surface area contributed by atoms with Crippen molar-refractivity contribution in [3.63, 3.8) is 0 Å². The van der Waals surface area contributed by atoms with Gasteiger partial charge in [0.05, 0.1) is 25.4 Å². The van der Waals surface area contributed by atoms with Crippen LogP contribution in [0.15, 0.2) is 24.3 Å². The molecule has 0 spiro atoms. The van der Waals surface area contributed by atoms with Crippen molar-refractivity contribution in [2.45, 2.75) is 386 Å². The van der Waals surface area contributed by atoms with Crippen molar-refractivity contribution >= 4 is 11.9 Å². The first-order valence-electron chi connectivity index (χ1n) is 33.6. The number of carbonyl (C=O) groups is 2. The largest absolute Gasteiger partial charge is 0.466 e. The van der Waals surface area contributed by atoms with Gasteiger partial charge in [-0.2, -0.15) is 0 Å². The van der Waals surface area contributed by atoms with Crippen molar-refractivity contribution in [2.24, 2.45) is 0 Å². The third-order valence-corrected chi connectivity index (χ3v) is 15.7. The van der Waals surface area contributed by atoms with Crippen LogP contribution in [-0.4, -0.2) is 47.4 Å². The molecule has 0 aromatic carbocycles. The first kappa shape index (κ1) is 72.3. The van der Waals surface area contributed by atoms with Gasteiger partial charge in [0.2, 0.25) is 5.91 Å². The topological polar surface area (TPSA) is 95.9 Å². The van der Waals surface area contributed by atoms with Gasteiger partial charge in [0.15, 0.2) is 0 Å². The lowest BCUT2D eigenvalue weighted by Gasteiger charge is -2.20. The molecular weight excluding hydrogens is 911 g/mol. The van der Waals surface area contributed by atoms with Crippen molar-refractivity contribution in [1.82, 2.24) is 5.32 Å². The van der Waals surface area contributed by atoms with Gasteiger partial charge < -0.3 is 20.3 Å². The van der Waals surface area contributed by atoms with Crippen molar-refractivity contribution in [2.75, 3.05) is 13.2 Å². The average molecular weight is 1040 g/mol. The van der Waals surface area contributed by atoms with Gasteiger partial charge in [0.25, 0.3) is 0 Å². The number of amides is 1. The summed E-state index contributed by atoms with van der Waals surface area (Å²) in [6.07, 6.45) is 79.7. The van der Waals surface area contributed by atoms with Gasteiger partial charge in [-0.1, -0.05) is 327 Å². The Bertz CT molecular complexity index is 1150. The molecule has 0 fully saturated rings. The fourth-order valence-electron chi connectivity index (χ4n) is 10.6. The van der Waals surface area contributed by atoms with Crippen LogP contribution in [0.3, 0.4) is 0 Å². The summed E-state index contributed by atoms with van der Waals surface area (Å²) in [7, 11) is 0. The summed E-state index contributed by atoms with van der Waals surface area (Å²) in [5.74, 6) is -0.0465. The average Bonchev–Trinajstić information content (AvgIpc) is 3.40. The summed E-state index contributed by atoms with van der Waals surface area (Å²) in [4.78, 5) is 24.5. The van der Waals surface area contributed by atoms with E-state index in [2.05, 4.69) is 31.3 Å². The van der Waals surface area contributed by atoms with Gasteiger partial charge >= 0.3 is 5.97 Å². The lowest BCUT2D eigenvalue weighted by Crippen LogP contribution is -2.45. The van der Waals surface area contributed by atoms with Crippen LogP contribution in [0.5, 0.6) is 0 Å². The quantitative estimate of drug-likeness (QED) is 0.0320. The first-order chi connectivity index (χ1) is 36.5. The lowest BCUT2D eigenvalue weighted by atomic mass is 10.0. The summed E-state index contributed by atoms with van der Waals surface area (Å²) in [6, 6.07) is -0.625. The van der Waals surface area contributed by atoms with E-state index in [-0.39, 0.29) is 18.5 Å². The standard InChI is InChI=1S/C68H131NO5/c1-3-5-7-9-11-13-15-16-17-31-35-38-42-46-50-54-58-62-68(73)74-63-59-55-51-47-43-39-36-33-30-28-26-24-22-20-18-19-21-23-25-27-29-32-34-37-41-45-49-53-57-61-67(72)69-65(64-70)66(71)60-56-52-48-44-40-14-12-10-8-6-4-2/h18,20,56,60,65-66,70-71H,3-17,19,21-55,57-59,61-64H2,1-2H3,(H,69,72)/b20-18-,60-56+. The van der Waals surface area contributed by atoms with Crippen LogP contribution in [0.4, 0.5) is 0 Å². The monoisotopic (exact) mass is 1040 g/mol. The maximum Gasteiger partial charge on any atom is 0.305 e. The van der Waals surface area contributed by atoms with Crippen molar-refractivity contribution in [3.8, 4) is 0 Å². The van der Waals surface area contributed by atoms with Gasteiger partial charge in [-0.15, -0.1) is 0 Å². The van der Waals surface area contributed by atoms with E-state index in [1.807, 2.05) is 6.08 Å². The number of allylic oxidation sites excluding steroid dienone is 3. The van der Waals surface area contributed by atoms with Gasteiger partial charge in [0.1, 0.15) is 0 Å². The number of aliphatic hydroxyl groups excluding tert-OH is 2. The van der Waals surface area contributed by atoms with Crippen LogP contribution in [0.1, 0.15) is 373 Å². The highest BCUT2D eigenvalue weighted by Crippen LogP contribution is 2.18. The Hall–Kier alpha value is -1.66. The Kier molecular flexibility index (Phi) is 62.4. The third-order valence-electron chi connectivity index (χ3n) is 15.7. The molecule has 6 nitrogen and oxygen atoms in total. The van der Waals surface area contributed by atoms with Gasteiger partial charge in [-0.05, 0) is 57.8 Å². The molecule has 0 heterocycles. The molecule has 74 heavy (non-hydrogen) atoms. The van der Waals surface area contributed by atoms with Crippen LogP contribution in [-0.2, 0) is 14.3 Å². The SMILES string of the molecule is CCCCCCCCCCC/C=C/C(O)C(CO)NC(=O)CCCCCCCCCCCCCCC/C=C\CCCCCCCCCCCCCCOC(=O)CCCCCCCCCCCCCCCCCCC. The first-order valence-corrected chi connectivity index (χ1v) is 33.6. The fraction of sp³-hybridized carbons (Fsp3) is 0.912. The number of nitrogens with one attached hydrogen (secondary N) is 1. The number of hydrogen-bond donors (Lipinski definition) is 3. The third kappa shape index (κ3) is 59.6. The highest BCUT2D eigenvalue weighted by molar-refractivity contribution is 5.76. The van der Waals surface area contributed by atoms with E-state index in [4.69, 9.17) is 4.74 Å². The molecule has 0 rings (SSSR count). The molecule has 0 saturated carbocycles. The Morgan fingerprint density at radius 3 is 0.959 bits per heavy atom. The summed E-state index contributed by atoms with van der Waals surface area (Å²) < 4.78 is 5.50. The van der Waals surface area contributed by atoms with E-state index >= 15 is 0 Å². The predicted octanol–water partition coefficient (Wildman–Crippen LogP) is 21.4. The minimum atomic E-state index is -0.842. The lowest BCUT2D eigenvalue weighted by molar-refractivity contribution is -0.143. The summed E-state index contributed by atoms with van der Waals surface area (Å²) >= 11 is 0. The second-order valence-corrected chi connectivity index (χ2v) is 23.2. The van der Waals surface area contributed by atoms with Crippen molar-refractivity contribution in [1.29, 1.82) is 0 Å². The Balaban J connectivity index is 3.34. The van der Waals surface area contributed by atoms with Gasteiger partial charge in [-0.3, -0.25) is 9.59 Å². The van der Waals surface area contributed by atoms with E-state index in [1.165, 1.54) is 308 Å². The molecule has 0 saturated heterocycles. The number of aliphatic hydroxyl groups is 2. The Morgan fingerprint density at radius 2 is 0.635 bits per heavy atom. The van der Waals surface area contributed by atoms with Crippen LogP contribution < -0.4 is 5.32 Å². The maximum absolute atomic E-state index is 12.4. The second-order valence-electron chi connectivity index (χ2n) is 23.2. The molecule has 6 heteroatoms. The molecule has 0 aromatic heterocycles. The summed E-state index contributed by atoms with van der Waals surface area (Å²) in [6.45, 7) is 4.92. The highest BCUT2D eigenvalue weighted by atomic mass is 16.5. The number of carbonyl (C=O) groups excluding carboxylic acids is 2.